The van der Waals surface area contributed by atoms with Crippen LogP contribution in [0, 0.1) is 6.92 Å². The molecule has 0 spiro atoms. The van der Waals surface area contributed by atoms with Crippen molar-refractivity contribution < 1.29 is 0 Å². The molecule has 0 radical (unpaired) electrons. The Morgan fingerprint density at radius 2 is 2.29 bits per heavy atom. The summed E-state index contributed by atoms with van der Waals surface area (Å²) in [6.45, 7) is 5.68. The summed E-state index contributed by atoms with van der Waals surface area (Å²) in [7, 11) is 0. The van der Waals surface area contributed by atoms with E-state index in [1.54, 1.807) is 0 Å². The molecular weight excluding hydrogens is 212 g/mol. The number of aliphatic imine (C=N–C) groups is 1. The molecule has 0 bridgehead atoms. The van der Waals surface area contributed by atoms with Gasteiger partial charge in [0.2, 0.25) is 0 Å². The van der Waals surface area contributed by atoms with Crippen LogP contribution in [0.3, 0.4) is 0 Å². The Morgan fingerprint density at radius 1 is 1.53 bits per heavy atom. The minimum Gasteiger partial charge on any atom is -0.370 e. The van der Waals surface area contributed by atoms with Gasteiger partial charge in [0.05, 0.1) is 18.3 Å². The molecule has 0 amide bonds. The standard InChI is InChI=1S/C13H20N4/c1-3-17(13(14)16-11-7-8-11)9-12-6-4-5-10(2)15-12/h4-6,11H,3,7-9H2,1-2H3,(H2,14,16). The first-order chi connectivity index (χ1) is 8.19. The van der Waals surface area contributed by atoms with E-state index in [0.29, 0.717) is 12.0 Å². The second-order valence-electron chi connectivity index (χ2n) is 4.50. The lowest BCUT2D eigenvalue weighted by Crippen LogP contribution is -2.37. The zero-order valence-electron chi connectivity index (χ0n) is 10.6. The number of hydrogen-bond donors (Lipinski definition) is 1. The van der Waals surface area contributed by atoms with Crippen molar-refractivity contribution in [1.82, 2.24) is 9.88 Å². The molecule has 1 saturated carbocycles. The number of nitrogens with two attached hydrogens (primary N) is 1. The van der Waals surface area contributed by atoms with Crippen molar-refractivity contribution in [2.75, 3.05) is 6.54 Å². The number of nitrogens with zero attached hydrogens (tertiary/aromatic N) is 3. The first kappa shape index (κ1) is 11.9. The summed E-state index contributed by atoms with van der Waals surface area (Å²) in [5, 5.41) is 0. The number of pyridine rings is 1. The maximum absolute atomic E-state index is 6.00. The molecule has 1 aromatic heterocycles. The molecule has 0 aromatic carbocycles. The molecule has 0 unspecified atom stereocenters. The Balaban J connectivity index is 2.03. The Hall–Kier alpha value is -1.58. The van der Waals surface area contributed by atoms with Crippen molar-refractivity contribution in [1.29, 1.82) is 0 Å². The van der Waals surface area contributed by atoms with Gasteiger partial charge < -0.3 is 10.6 Å². The van der Waals surface area contributed by atoms with Crippen molar-refractivity contribution in [2.24, 2.45) is 10.7 Å². The van der Waals surface area contributed by atoms with Crippen LogP contribution in [-0.2, 0) is 6.54 Å². The van der Waals surface area contributed by atoms with E-state index < -0.39 is 0 Å². The van der Waals surface area contributed by atoms with Gasteiger partial charge in [-0.1, -0.05) is 6.07 Å². The number of hydrogen-bond acceptors (Lipinski definition) is 2. The van der Waals surface area contributed by atoms with Gasteiger partial charge in [-0.25, -0.2) is 4.99 Å². The zero-order chi connectivity index (χ0) is 12.3. The summed E-state index contributed by atoms with van der Waals surface area (Å²) in [6, 6.07) is 6.52. The third-order valence-corrected chi connectivity index (χ3v) is 2.87. The fourth-order valence-electron chi connectivity index (χ4n) is 1.71. The van der Waals surface area contributed by atoms with Crippen molar-refractivity contribution >= 4 is 5.96 Å². The highest BCUT2D eigenvalue weighted by atomic mass is 15.3. The number of aromatic nitrogens is 1. The summed E-state index contributed by atoms with van der Waals surface area (Å²) in [5.74, 6) is 0.651. The topological polar surface area (TPSA) is 54.5 Å². The molecular formula is C13H20N4. The molecule has 0 aliphatic heterocycles. The minimum absolute atomic E-state index is 0.467. The lowest BCUT2D eigenvalue weighted by Gasteiger charge is -2.21. The van der Waals surface area contributed by atoms with Crippen molar-refractivity contribution in [3.8, 4) is 0 Å². The predicted molar refractivity (Wildman–Crippen MR) is 69.7 cm³/mol. The molecule has 1 aliphatic carbocycles. The third-order valence-electron chi connectivity index (χ3n) is 2.87. The van der Waals surface area contributed by atoms with Crippen LogP contribution in [0.5, 0.6) is 0 Å². The molecule has 0 saturated heterocycles. The molecule has 4 nitrogen and oxygen atoms in total. The molecule has 2 rings (SSSR count). The Labute approximate surface area is 103 Å². The van der Waals surface area contributed by atoms with Gasteiger partial charge in [-0.2, -0.15) is 0 Å². The lowest BCUT2D eigenvalue weighted by atomic mass is 10.3. The first-order valence-electron chi connectivity index (χ1n) is 6.19. The summed E-state index contributed by atoms with van der Waals surface area (Å²) >= 11 is 0. The average Bonchev–Trinajstić information content (AvgIpc) is 3.09. The highest BCUT2D eigenvalue weighted by molar-refractivity contribution is 5.78. The van der Waals surface area contributed by atoms with Crippen LogP contribution in [0.2, 0.25) is 0 Å². The smallest absolute Gasteiger partial charge is 0.191 e. The fourth-order valence-corrected chi connectivity index (χ4v) is 1.71. The first-order valence-corrected chi connectivity index (χ1v) is 6.19. The molecule has 1 heterocycles. The second kappa shape index (κ2) is 5.17. The van der Waals surface area contributed by atoms with E-state index in [-0.39, 0.29) is 0 Å². The van der Waals surface area contributed by atoms with Crippen LogP contribution in [0.25, 0.3) is 0 Å². The zero-order valence-corrected chi connectivity index (χ0v) is 10.6. The minimum atomic E-state index is 0.467. The third kappa shape index (κ3) is 3.44. The van der Waals surface area contributed by atoms with Crippen molar-refractivity contribution in [3.05, 3.63) is 29.6 Å². The SMILES string of the molecule is CCN(Cc1cccc(C)n1)C(N)=NC1CC1. The van der Waals surface area contributed by atoms with Crippen LogP contribution in [0.15, 0.2) is 23.2 Å². The van der Waals surface area contributed by atoms with Crippen LogP contribution >= 0.6 is 0 Å². The summed E-state index contributed by atoms with van der Waals surface area (Å²) in [4.78, 5) is 11.0. The Bertz CT molecular complexity index is 410. The molecule has 1 fully saturated rings. The summed E-state index contributed by atoms with van der Waals surface area (Å²) in [6.07, 6.45) is 2.36. The highest BCUT2D eigenvalue weighted by Gasteiger charge is 2.21. The van der Waals surface area contributed by atoms with E-state index in [1.165, 1.54) is 12.8 Å². The normalized spacial score (nSPS) is 16.0. The van der Waals surface area contributed by atoms with E-state index in [0.717, 1.165) is 24.5 Å². The van der Waals surface area contributed by atoms with Gasteiger partial charge >= 0.3 is 0 Å². The average molecular weight is 232 g/mol. The van der Waals surface area contributed by atoms with Crippen LogP contribution < -0.4 is 5.73 Å². The maximum Gasteiger partial charge on any atom is 0.191 e. The van der Waals surface area contributed by atoms with E-state index in [1.807, 2.05) is 25.1 Å². The highest BCUT2D eigenvalue weighted by Crippen LogP contribution is 2.23. The number of rotatable bonds is 4. The molecule has 17 heavy (non-hydrogen) atoms. The van der Waals surface area contributed by atoms with Gasteiger partial charge in [-0.05, 0) is 38.8 Å². The van der Waals surface area contributed by atoms with Crippen molar-refractivity contribution in [2.45, 2.75) is 39.3 Å². The number of guanidine groups is 1. The molecule has 1 aromatic rings. The predicted octanol–water partition coefficient (Wildman–Crippen LogP) is 1.69. The maximum atomic E-state index is 6.00. The quantitative estimate of drug-likeness (QED) is 0.635. The largest absolute Gasteiger partial charge is 0.370 e. The van der Waals surface area contributed by atoms with E-state index in [4.69, 9.17) is 5.73 Å². The number of aryl methyl sites for hydroxylation is 1. The van der Waals surface area contributed by atoms with Crippen molar-refractivity contribution in [3.63, 3.8) is 0 Å². The van der Waals surface area contributed by atoms with Gasteiger partial charge in [0, 0.05) is 12.2 Å². The molecule has 92 valence electrons. The van der Waals surface area contributed by atoms with Gasteiger partial charge in [-0.15, -0.1) is 0 Å². The summed E-state index contributed by atoms with van der Waals surface area (Å²) in [5.41, 5.74) is 8.08. The van der Waals surface area contributed by atoms with Crippen LogP contribution in [0.1, 0.15) is 31.2 Å². The van der Waals surface area contributed by atoms with E-state index in [2.05, 4.69) is 21.8 Å². The monoisotopic (exact) mass is 232 g/mol. The van der Waals surface area contributed by atoms with Gasteiger partial charge in [0.1, 0.15) is 0 Å². The Kier molecular flexibility index (Phi) is 3.61. The second-order valence-corrected chi connectivity index (χ2v) is 4.50. The van der Waals surface area contributed by atoms with Crippen LogP contribution in [-0.4, -0.2) is 28.4 Å². The lowest BCUT2D eigenvalue weighted by molar-refractivity contribution is 0.422. The summed E-state index contributed by atoms with van der Waals surface area (Å²) < 4.78 is 0. The fraction of sp³-hybridized carbons (Fsp3) is 0.538. The molecule has 1 aliphatic rings. The molecule has 2 N–H and O–H groups in total. The van der Waals surface area contributed by atoms with Gasteiger partial charge in [0.15, 0.2) is 5.96 Å². The van der Waals surface area contributed by atoms with Gasteiger partial charge in [0.25, 0.3) is 0 Å². The van der Waals surface area contributed by atoms with Gasteiger partial charge in [-0.3, -0.25) is 4.98 Å². The molecule has 0 atom stereocenters. The molecule has 4 heteroatoms. The van der Waals surface area contributed by atoms with E-state index in [9.17, 15) is 0 Å². The van der Waals surface area contributed by atoms with E-state index >= 15 is 0 Å². The Morgan fingerprint density at radius 3 is 2.88 bits per heavy atom. The van der Waals surface area contributed by atoms with Crippen LogP contribution in [0.4, 0.5) is 0 Å².